The Labute approximate surface area is 125 Å². The Balaban J connectivity index is 2.13. The van der Waals surface area contributed by atoms with Crippen LogP contribution in [0.1, 0.15) is 37.7 Å². The maximum Gasteiger partial charge on any atom is 0.272 e. The average Bonchev–Trinajstić information content (AvgIpc) is 2.96. The van der Waals surface area contributed by atoms with Crippen LogP contribution >= 0.6 is 0 Å². The van der Waals surface area contributed by atoms with Gasteiger partial charge in [0.2, 0.25) is 0 Å². The molecule has 112 valence electrons. The van der Waals surface area contributed by atoms with Crippen molar-refractivity contribution < 1.29 is 4.79 Å². The molecule has 0 aliphatic heterocycles. The molecule has 0 radical (unpaired) electrons. The number of rotatable bonds is 5. The molecule has 0 bridgehead atoms. The molecule has 3 N–H and O–H groups in total. The fraction of sp³-hybridized carbons (Fsp3) is 0.375. The Morgan fingerprint density at radius 1 is 1.33 bits per heavy atom. The molecule has 1 heterocycles. The van der Waals surface area contributed by atoms with Gasteiger partial charge in [0.15, 0.2) is 5.69 Å². The fourth-order valence-electron chi connectivity index (χ4n) is 2.05. The Morgan fingerprint density at radius 3 is 2.71 bits per heavy atom. The third-order valence-corrected chi connectivity index (χ3v) is 3.86. The lowest BCUT2D eigenvalue weighted by atomic mass is 10.0. The third-order valence-electron chi connectivity index (χ3n) is 3.86. The van der Waals surface area contributed by atoms with Crippen LogP contribution in [0.25, 0.3) is 5.69 Å². The highest BCUT2D eigenvalue weighted by atomic mass is 16.2. The van der Waals surface area contributed by atoms with E-state index in [2.05, 4.69) is 24.3 Å². The van der Waals surface area contributed by atoms with Gasteiger partial charge in [0.05, 0.1) is 11.4 Å². The van der Waals surface area contributed by atoms with Gasteiger partial charge in [-0.25, -0.2) is 4.68 Å². The van der Waals surface area contributed by atoms with Crippen LogP contribution in [-0.4, -0.2) is 21.7 Å². The van der Waals surface area contributed by atoms with Crippen LogP contribution in [0.4, 0.5) is 5.69 Å². The topological polar surface area (TPSA) is 72.9 Å². The van der Waals surface area contributed by atoms with Crippen LogP contribution < -0.4 is 11.1 Å². The van der Waals surface area contributed by atoms with Gasteiger partial charge in [-0.2, -0.15) is 5.10 Å². The summed E-state index contributed by atoms with van der Waals surface area (Å²) in [6, 6.07) is 9.25. The molecular weight excluding hydrogens is 264 g/mol. The zero-order valence-corrected chi connectivity index (χ0v) is 12.7. The van der Waals surface area contributed by atoms with Crippen molar-refractivity contribution in [3.8, 4) is 5.69 Å². The Hall–Kier alpha value is -2.30. The first-order chi connectivity index (χ1) is 10.0. The molecule has 21 heavy (non-hydrogen) atoms. The second kappa shape index (κ2) is 6.43. The van der Waals surface area contributed by atoms with Gasteiger partial charge < -0.3 is 11.1 Å². The Bertz CT molecular complexity index is 620. The van der Waals surface area contributed by atoms with Crippen molar-refractivity contribution in [2.45, 2.75) is 33.2 Å². The van der Waals surface area contributed by atoms with Gasteiger partial charge in [0, 0.05) is 12.2 Å². The predicted molar refractivity (Wildman–Crippen MR) is 84.4 cm³/mol. The smallest absolute Gasteiger partial charge is 0.272 e. The van der Waals surface area contributed by atoms with Gasteiger partial charge in [-0.05, 0) is 31.0 Å². The number of hydrogen-bond acceptors (Lipinski definition) is 3. The molecule has 1 amide bonds. The van der Waals surface area contributed by atoms with Gasteiger partial charge in [0.1, 0.15) is 0 Å². The summed E-state index contributed by atoms with van der Waals surface area (Å²) in [5, 5.41) is 7.28. The largest absolute Gasteiger partial charge is 0.397 e. The van der Waals surface area contributed by atoms with Crippen LogP contribution in [0.3, 0.4) is 0 Å². The summed E-state index contributed by atoms with van der Waals surface area (Å²) in [7, 11) is 0. The number of nitrogen functional groups attached to an aromatic ring is 1. The summed E-state index contributed by atoms with van der Waals surface area (Å²) in [5.74, 6) is 0.275. The van der Waals surface area contributed by atoms with Crippen LogP contribution in [0, 0.1) is 5.92 Å². The van der Waals surface area contributed by atoms with E-state index in [-0.39, 0.29) is 11.9 Å². The zero-order chi connectivity index (χ0) is 15.4. The molecule has 2 rings (SSSR count). The summed E-state index contributed by atoms with van der Waals surface area (Å²) < 4.78 is 1.62. The van der Waals surface area contributed by atoms with Crippen LogP contribution in [-0.2, 0) is 0 Å². The molecule has 5 heteroatoms. The number of anilines is 1. The molecule has 0 fully saturated rings. The standard InChI is InChI=1S/C16H22N4O/c1-4-11(2)12(3)18-16(21)14-9-10-20(19-14)15-8-6-5-7-13(15)17/h5-12H,4,17H2,1-3H3,(H,18,21). The lowest BCUT2D eigenvalue weighted by Gasteiger charge is -2.19. The fourth-order valence-corrected chi connectivity index (χ4v) is 2.05. The molecule has 2 atom stereocenters. The number of nitrogens with one attached hydrogen (secondary N) is 1. The van der Waals surface area contributed by atoms with Crippen molar-refractivity contribution in [2.75, 3.05) is 5.73 Å². The minimum atomic E-state index is -0.156. The maximum atomic E-state index is 12.2. The van der Waals surface area contributed by atoms with Gasteiger partial charge in [-0.15, -0.1) is 0 Å². The highest BCUT2D eigenvalue weighted by molar-refractivity contribution is 5.92. The molecular formula is C16H22N4O. The molecule has 0 saturated heterocycles. The molecule has 2 aromatic rings. The number of nitrogens with two attached hydrogens (primary N) is 1. The van der Waals surface area contributed by atoms with Crippen molar-refractivity contribution in [2.24, 2.45) is 5.92 Å². The van der Waals surface area contributed by atoms with E-state index in [1.807, 2.05) is 31.2 Å². The molecule has 1 aromatic heterocycles. The van der Waals surface area contributed by atoms with E-state index in [0.717, 1.165) is 12.1 Å². The quantitative estimate of drug-likeness (QED) is 0.830. The highest BCUT2D eigenvalue weighted by Gasteiger charge is 2.16. The molecule has 1 aromatic carbocycles. The molecule has 2 unspecified atom stereocenters. The van der Waals surface area contributed by atoms with Gasteiger partial charge >= 0.3 is 0 Å². The summed E-state index contributed by atoms with van der Waals surface area (Å²) in [5.41, 5.74) is 7.71. The van der Waals surface area contributed by atoms with E-state index in [4.69, 9.17) is 5.73 Å². The first-order valence-electron chi connectivity index (χ1n) is 7.24. The number of benzene rings is 1. The number of hydrogen-bond donors (Lipinski definition) is 2. The minimum Gasteiger partial charge on any atom is -0.397 e. The summed E-state index contributed by atoms with van der Waals surface area (Å²) in [6.45, 7) is 6.24. The van der Waals surface area contributed by atoms with Gasteiger partial charge in [0.25, 0.3) is 5.91 Å². The minimum absolute atomic E-state index is 0.120. The number of para-hydroxylation sites is 2. The Morgan fingerprint density at radius 2 is 2.05 bits per heavy atom. The van der Waals surface area contributed by atoms with Crippen LogP contribution in [0.5, 0.6) is 0 Å². The van der Waals surface area contributed by atoms with Crippen molar-refractivity contribution in [3.63, 3.8) is 0 Å². The zero-order valence-electron chi connectivity index (χ0n) is 12.7. The van der Waals surface area contributed by atoms with Gasteiger partial charge in [-0.3, -0.25) is 4.79 Å². The second-order valence-corrected chi connectivity index (χ2v) is 5.35. The Kier molecular flexibility index (Phi) is 4.62. The summed E-state index contributed by atoms with van der Waals surface area (Å²) in [4.78, 5) is 12.2. The van der Waals surface area contributed by atoms with E-state index >= 15 is 0 Å². The number of aromatic nitrogens is 2. The number of nitrogens with zero attached hydrogens (tertiary/aromatic N) is 2. The lowest BCUT2D eigenvalue weighted by Crippen LogP contribution is -2.37. The van der Waals surface area contributed by atoms with E-state index in [1.54, 1.807) is 16.9 Å². The van der Waals surface area contributed by atoms with Crippen molar-refractivity contribution in [1.82, 2.24) is 15.1 Å². The third kappa shape index (κ3) is 3.42. The summed E-state index contributed by atoms with van der Waals surface area (Å²) in [6.07, 6.45) is 2.77. The van der Waals surface area contributed by atoms with E-state index in [9.17, 15) is 4.79 Å². The first kappa shape index (κ1) is 15.1. The normalized spacial score (nSPS) is 13.7. The molecule has 5 nitrogen and oxygen atoms in total. The monoisotopic (exact) mass is 286 g/mol. The molecule has 0 aliphatic rings. The van der Waals surface area contributed by atoms with Crippen LogP contribution in [0.15, 0.2) is 36.5 Å². The van der Waals surface area contributed by atoms with Crippen molar-refractivity contribution in [3.05, 3.63) is 42.2 Å². The number of carbonyl (C=O) groups excluding carboxylic acids is 1. The summed E-state index contributed by atoms with van der Waals surface area (Å²) >= 11 is 0. The van der Waals surface area contributed by atoms with E-state index in [0.29, 0.717) is 17.3 Å². The number of amides is 1. The number of carbonyl (C=O) groups is 1. The first-order valence-corrected chi connectivity index (χ1v) is 7.24. The van der Waals surface area contributed by atoms with E-state index < -0.39 is 0 Å². The molecule has 0 spiro atoms. The SMILES string of the molecule is CCC(C)C(C)NC(=O)c1ccn(-c2ccccc2N)n1. The van der Waals surface area contributed by atoms with Crippen molar-refractivity contribution >= 4 is 11.6 Å². The molecule has 0 aliphatic carbocycles. The lowest BCUT2D eigenvalue weighted by molar-refractivity contribution is 0.0922. The van der Waals surface area contributed by atoms with E-state index in [1.165, 1.54) is 0 Å². The second-order valence-electron chi connectivity index (χ2n) is 5.35. The van der Waals surface area contributed by atoms with Gasteiger partial charge in [-0.1, -0.05) is 32.4 Å². The predicted octanol–water partition coefficient (Wildman–Crippen LogP) is 2.62. The molecule has 0 saturated carbocycles. The van der Waals surface area contributed by atoms with Crippen LogP contribution in [0.2, 0.25) is 0 Å². The maximum absolute atomic E-state index is 12.2. The van der Waals surface area contributed by atoms with Crippen molar-refractivity contribution in [1.29, 1.82) is 0 Å². The highest BCUT2D eigenvalue weighted by Crippen LogP contribution is 2.16. The average molecular weight is 286 g/mol.